The molecule has 0 radical (unpaired) electrons. The largest absolute Gasteiger partial charge is 0.492 e. The first-order valence-electron chi connectivity index (χ1n) is 10.1. The Morgan fingerprint density at radius 1 is 1.10 bits per heavy atom. The van der Waals surface area contributed by atoms with E-state index in [0.717, 1.165) is 36.9 Å². The Kier molecular flexibility index (Phi) is 4.76. The lowest BCUT2D eigenvalue weighted by Gasteiger charge is -2.25. The standard InChI is InChI=1S/C23H25N3O2S/c1-16-19-5-6-24-15-17(19)13-21-20-14-18(3-4-22(20)25(2)23(16)21)28-10-7-26-8-11-29(27)12-9-26/h3-6,13-15H,7-12H2,1-2H3. The third kappa shape index (κ3) is 3.30. The maximum atomic E-state index is 11.5. The summed E-state index contributed by atoms with van der Waals surface area (Å²) in [6.45, 7) is 5.51. The van der Waals surface area contributed by atoms with Crippen molar-refractivity contribution >= 4 is 43.4 Å². The van der Waals surface area contributed by atoms with Gasteiger partial charge in [-0.1, -0.05) is 0 Å². The minimum atomic E-state index is -0.631. The maximum absolute atomic E-state index is 11.5. The van der Waals surface area contributed by atoms with Crippen LogP contribution in [0.1, 0.15) is 5.56 Å². The lowest BCUT2D eigenvalue weighted by molar-refractivity contribution is 0.221. The van der Waals surface area contributed by atoms with Gasteiger partial charge in [-0.2, -0.15) is 0 Å². The third-order valence-electron chi connectivity index (χ3n) is 6.07. The van der Waals surface area contributed by atoms with E-state index in [1.165, 1.54) is 38.1 Å². The van der Waals surface area contributed by atoms with Crippen molar-refractivity contribution in [2.75, 3.05) is 37.7 Å². The zero-order valence-electron chi connectivity index (χ0n) is 16.9. The highest BCUT2D eigenvalue weighted by molar-refractivity contribution is 7.85. The van der Waals surface area contributed by atoms with Crippen molar-refractivity contribution in [3.8, 4) is 5.75 Å². The number of aryl methyl sites for hydroxylation is 2. The smallest absolute Gasteiger partial charge is 0.120 e. The number of rotatable bonds is 4. The first-order chi connectivity index (χ1) is 14.1. The molecule has 1 aliphatic rings. The van der Waals surface area contributed by atoms with Crippen molar-refractivity contribution in [2.45, 2.75) is 6.92 Å². The monoisotopic (exact) mass is 407 g/mol. The summed E-state index contributed by atoms with van der Waals surface area (Å²) in [5.41, 5.74) is 3.75. The van der Waals surface area contributed by atoms with E-state index in [4.69, 9.17) is 4.74 Å². The zero-order valence-corrected chi connectivity index (χ0v) is 17.7. The summed E-state index contributed by atoms with van der Waals surface area (Å²) in [4.78, 5) is 6.63. The molecule has 0 spiro atoms. The first kappa shape index (κ1) is 18.6. The molecule has 3 heterocycles. The summed E-state index contributed by atoms with van der Waals surface area (Å²) in [6, 6.07) is 10.7. The van der Waals surface area contributed by atoms with E-state index in [0.29, 0.717) is 6.61 Å². The summed E-state index contributed by atoms with van der Waals surface area (Å²) >= 11 is 0. The van der Waals surface area contributed by atoms with Gasteiger partial charge in [0.2, 0.25) is 0 Å². The SMILES string of the molecule is Cc1c2ccncc2cc2c3cc(OCCN4CCS(=O)CC4)ccc3n(C)c12. The van der Waals surface area contributed by atoms with Crippen LogP contribution in [-0.2, 0) is 17.8 Å². The van der Waals surface area contributed by atoms with Gasteiger partial charge in [0.15, 0.2) is 0 Å². The van der Waals surface area contributed by atoms with Crippen molar-refractivity contribution in [2.24, 2.45) is 7.05 Å². The van der Waals surface area contributed by atoms with Crippen LogP contribution in [0.4, 0.5) is 0 Å². The van der Waals surface area contributed by atoms with Crippen molar-refractivity contribution in [3.05, 3.63) is 48.3 Å². The lowest BCUT2D eigenvalue weighted by atomic mass is 10.0. The van der Waals surface area contributed by atoms with Crippen molar-refractivity contribution in [1.29, 1.82) is 0 Å². The van der Waals surface area contributed by atoms with Gasteiger partial charge in [0.1, 0.15) is 12.4 Å². The molecule has 0 N–H and O–H groups in total. The lowest BCUT2D eigenvalue weighted by Crippen LogP contribution is -2.39. The number of hydrogen-bond donors (Lipinski definition) is 0. The van der Waals surface area contributed by atoms with Crippen molar-refractivity contribution in [3.63, 3.8) is 0 Å². The minimum absolute atomic E-state index is 0.631. The van der Waals surface area contributed by atoms with Crippen LogP contribution in [-0.4, -0.2) is 56.4 Å². The highest BCUT2D eigenvalue weighted by Crippen LogP contribution is 2.36. The third-order valence-corrected chi connectivity index (χ3v) is 7.34. The number of benzene rings is 2. The maximum Gasteiger partial charge on any atom is 0.120 e. The second-order valence-corrected chi connectivity index (χ2v) is 9.47. The molecule has 2 aromatic heterocycles. The summed E-state index contributed by atoms with van der Waals surface area (Å²) in [7, 11) is 1.50. The number of aromatic nitrogens is 2. The number of fused-ring (bicyclic) bond motifs is 4. The molecule has 0 unspecified atom stereocenters. The van der Waals surface area contributed by atoms with Crippen LogP contribution in [0.3, 0.4) is 0 Å². The van der Waals surface area contributed by atoms with Crippen molar-refractivity contribution < 1.29 is 8.95 Å². The second-order valence-electron chi connectivity index (χ2n) is 7.77. The molecular formula is C23H25N3O2S. The van der Waals surface area contributed by atoms with Gasteiger partial charge in [0.25, 0.3) is 0 Å². The molecule has 29 heavy (non-hydrogen) atoms. The second kappa shape index (κ2) is 7.43. The normalized spacial score (nSPS) is 16.2. The molecule has 0 atom stereocenters. The summed E-state index contributed by atoms with van der Waals surface area (Å²) < 4.78 is 19.8. The predicted octanol–water partition coefficient (Wildman–Crippen LogP) is 3.63. The van der Waals surface area contributed by atoms with Gasteiger partial charge in [0, 0.05) is 83.1 Å². The quantitative estimate of drug-likeness (QED) is 0.518. The average Bonchev–Trinajstić information content (AvgIpc) is 3.01. The van der Waals surface area contributed by atoms with Crippen LogP contribution in [0, 0.1) is 6.92 Å². The Labute approximate surface area is 172 Å². The van der Waals surface area contributed by atoms with Gasteiger partial charge < -0.3 is 9.30 Å². The van der Waals surface area contributed by atoms with E-state index in [1.807, 2.05) is 12.4 Å². The molecular weight excluding hydrogens is 382 g/mol. The first-order valence-corrected chi connectivity index (χ1v) is 11.6. The van der Waals surface area contributed by atoms with Gasteiger partial charge >= 0.3 is 0 Å². The highest BCUT2D eigenvalue weighted by atomic mass is 32.2. The Morgan fingerprint density at radius 3 is 2.76 bits per heavy atom. The number of ether oxygens (including phenoxy) is 1. The Hall–Kier alpha value is -2.44. The zero-order chi connectivity index (χ0) is 20.0. The minimum Gasteiger partial charge on any atom is -0.492 e. The topological polar surface area (TPSA) is 47.4 Å². The van der Waals surface area contributed by atoms with Crippen molar-refractivity contribution in [1.82, 2.24) is 14.5 Å². The fourth-order valence-corrected chi connectivity index (χ4v) is 5.61. The van der Waals surface area contributed by atoms with Crippen LogP contribution in [0.15, 0.2) is 42.7 Å². The molecule has 1 fully saturated rings. The van der Waals surface area contributed by atoms with Gasteiger partial charge in [-0.25, -0.2) is 0 Å². The Morgan fingerprint density at radius 2 is 1.93 bits per heavy atom. The van der Waals surface area contributed by atoms with Crippen LogP contribution in [0.2, 0.25) is 0 Å². The van der Waals surface area contributed by atoms with E-state index >= 15 is 0 Å². The highest BCUT2D eigenvalue weighted by Gasteiger charge is 2.16. The molecule has 0 bridgehead atoms. The predicted molar refractivity (Wildman–Crippen MR) is 120 cm³/mol. The fraction of sp³-hybridized carbons (Fsp3) is 0.348. The molecule has 150 valence electrons. The molecule has 1 saturated heterocycles. The van der Waals surface area contributed by atoms with Crippen LogP contribution >= 0.6 is 0 Å². The molecule has 0 saturated carbocycles. The van der Waals surface area contributed by atoms with Gasteiger partial charge in [-0.15, -0.1) is 0 Å². The molecule has 0 amide bonds. The van der Waals surface area contributed by atoms with Gasteiger partial charge in [0.05, 0.1) is 5.52 Å². The fourth-order valence-electron chi connectivity index (χ4n) is 4.48. The molecule has 5 nitrogen and oxygen atoms in total. The molecule has 4 aromatic rings. The van der Waals surface area contributed by atoms with Crippen LogP contribution < -0.4 is 4.74 Å². The van der Waals surface area contributed by atoms with E-state index in [-0.39, 0.29) is 0 Å². The number of pyridine rings is 1. The molecule has 5 rings (SSSR count). The van der Waals surface area contributed by atoms with E-state index in [2.05, 4.69) is 58.8 Å². The number of hydrogen-bond acceptors (Lipinski definition) is 4. The molecule has 0 aliphatic carbocycles. The van der Waals surface area contributed by atoms with E-state index in [9.17, 15) is 4.21 Å². The number of nitrogens with zero attached hydrogens (tertiary/aromatic N) is 3. The molecule has 2 aromatic carbocycles. The van der Waals surface area contributed by atoms with Gasteiger partial charge in [-0.05, 0) is 48.2 Å². The van der Waals surface area contributed by atoms with Crippen LogP contribution in [0.25, 0.3) is 32.6 Å². The Balaban J connectivity index is 1.46. The molecule has 1 aliphatic heterocycles. The summed E-state index contributed by atoms with van der Waals surface area (Å²) in [6.07, 6.45) is 3.79. The summed E-state index contributed by atoms with van der Waals surface area (Å²) in [5.74, 6) is 2.46. The Bertz CT molecular complexity index is 1240. The van der Waals surface area contributed by atoms with Gasteiger partial charge in [-0.3, -0.25) is 14.1 Å². The van der Waals surface area contributed by atoms with E-state index in [1.54, 1.807) is 0 Å². The molecule has 6 heteroatoms. The van der Waals surface area contributed by atoms with E-state index < -0.39 is 10.8 Å². The summed E-state index contributed by atoms with van der Waals surface area (Å²) in [5, 5.41) is 4.86. The van der Waals surface area contributed by atoms with Crippen LogP contribution in [0.5, 0.6) is 5.75 Å². The average molecular weight is 408 g/mol.